The zero-order chi connectivity index (χ0) is 12.5. The molecule has 0 saturated carbocycles. The second-order valence-electron chi connectivity index (χ2n) is 3.83. The lowest BCUT2D eigenvalue weighted by atomic mass is 10.1. The molecule has 0 atom stereocenters. The van der Waals surface area contributed by atoms with Crippen LogP contribution in [0.3, 0.4) is 0 Å². The molecule has 0 aliphatic carbocycles. The van der Waals surface area contributed by atoms with E-state index in [-0.39, 0.29) is 24.0 Å². The zero-order valence-electron chi connectivity index (χ0n) is 11.2. The molecule has 0 aliphatic rings. The average molecular weight is 363 g/mol. The maximum atomic E-state index is 4.97. The van der Waals surface area contributed by atoms with Crippen LogP contribution in [0.2, 0.25) is 0 Å². The summed E-state index contributed by atoms with van der Waals surface area (Å²) in [6, 6.07) is 8.45. The molecule has 0 heterocycles. The van der Waals surface area contributed by atoms with E-state index in [1.807, 2.05) is 0 Å². The molecular formula is C13H22IN3O. The van der Waals surface area contributed by atoms with Crippen molar-refractivity contribution in [2.45, 2.75) is 13.5 Å². The van der Waals surface area contributed by atoms with Gasteiger partial charge in [-0.05, 0) is 12.5 Å². The number of halogens is 1. The number of hydrogen-bond acceptors (Lipinski definition) is 2. The first-order valence-electron chi connectivity index (χ1n) is 5.75. The van der Waals surface area contributed by atoms with Crippen LogP contribution in [-0.4, -0.2) is 33.3 Å². The Labute approximate surface area is 126 Å². The number of methoxy groups -OCH3 is 1. The van der Waals surface area contributed by atoms with Crippen LogP contribution in [0.5, 0.6) is 0 Å². The summed E-state index contributed by atoms with van der Waals surface area (Å²) in [6.07, 6.45) is 0. The first-order valence-corrected chi connectivity index (χ1v) is 5.75. The van der Waals surface area contributed by atoms with Crippen LogP contribution in [0.1, 0.15) is 11.1 Å². The summed E-state index contributed by atoms with van der Waals surface area (Å²) in [7, 11) is 3.45. The largest absolute Gasteiger partial charge is 0.383 e. The van der Waals surface area contributed by atoms with Crippen molar-refractivity contribution < 1.29 is 4.74 Å². The normalized spacial score (nSPS) is 10.7. The van der Waals surface area contributed by atoms with E-state index >= 15 is 0 Å². The fourth-order valence-corrected chi connectivity index (χ4v) is 1.38. The average Bonchev–Trinajstić information content (AvgIpc) is 2.35. The van der Waals surface area contributed by atoms with E-state index in [0.29, 0.717) is 6.61 Å². The van der Waals surface area contributed by atoms with Crippen LogP contribution in [0.4, 0.5) is 0 Å². The van der Waals surface area contributed by atoms with Crippen molar-refractivity contribution >= 4 is 29.9 Å². The third-order valence-corrected chi connectivity index (χ3v) is 2.40. The van der Waals surface area contributed by atoms with Crippen LogP contribution in [-0.2, 0) is 11.3 Å². The lowest BCUT2D eigenvalue weighted by Gasteiger charge is -2.11. The summed E-state index contributed by atoms with van der Waals surface area (Å²) in [5.41, 5.74) is 2.52. The van der Waals surface area contributed by atoms with E-state index in [1.54, 1.807) is 14.2 Å². The molecule has 0 spiro atoms. The molecule has 0 bridgehead atoms. The van der Waals surface area contributed by atoms with Gasteiger partial charge in [0.05, 0.1) is 6.61 Å². The molecule has 5 heteroatoms. The Morgan fingerprint density at radius 3 is 2.44 bits per heavy atom. The Hall–Kier alpha value is -0.820. The quantitative estimate of drug-likeness (QED) is 0.364. The Kier molecular flexibility index (Phi) is 9.67. The molecule has 0 aromatic heterocycles. The van der Waals surface area contributed by atoms with Crippen molar-refractivity contribution in [3.05, 3.63) is 35.4 Å². The monoisotopic (exact) mass is 363 g/mol. The van der Waals surface area contributed by atoms with Gasteiger partial charge >= 0.3 is 0 Å². The van der Waals surface area contributed by atoms with E-state index in [0.717, 1.165) is 19.0 Å². The second-order valence-corrected chi connectivity index (χ2v) is 3.83. The van der Waals surface area contributed by atoms with Gasteiger partial charge in [-0.25, -0.2) is 0 Å². The van der Waals surface area contributed by atoms with Crippen molar-refractivity contribution in [2.75, 3.05) is 27.3 Å². The zero-order valence-corrected chi connectivity index (χ0v) is 13.5. The molecule has 0 amide bonds. The summed E-state index contributed by atoms with van der Waals surface area (Å²) < 4.78 is 4.97. The lowest BCUT2D eigenvalue weighted by molar-refractivity contribution is 0.203. The minimum atomic E-state index is 0. The highest BCUT2D eigenvalue weighted by Crippen LogP contribution is 2.02. The molecule has 18 heavy (non-hydrogen) atoms. The number of hydrogen-bond donors (Lipinski definition) is 2. The number of ether oxygens (including phenoxy) is 1. The van der Waals surface area contributed by atoms with Crippen LogP contribution >= 0.6 is 24.0 Å². The molecule has 0 aliphatic heterocycles. The number of aliphatic imine (C=N–C) groups is 1. The Morgan fingerprint density at radius 2 is 1.89 bits per heavy atom. The first-order chi connectivity index (χ1) is 8.26. The van der Waals surface area contributed by atoms with E-state index < -0.39 is 0 Å². The standard InChI is InChI=1S/C13H21N3O.HI/c1-11-4-6-12(7-5-11)10-16-13(14-2)15-8-9-17-3;/h4-7H,8-10H2,1-3H3,(H2,14,15,16);1H. The molecule has 102 valence electrons. The maximum Gasteiger partial charge on any atom is 0.191 e. The molecule has 1 aromatic carbocycles. The highest BCUT2D eigenvalue weighted by Gasteiger charge is 1.97. The maximum absolute atomic E-state index is 4.97. The van der Waals surface area contributed by atoms with E-state index in [2.05, 4.69) is 46.8 Å². The predicted molar refractivity (Wildman–Crippen MR) is 86.7 cm³/mol. The van der Waals surface area contributed by atoms with Crippen molar-refractivity contribution in [1.82, 2.24) is 10.6 Å². The molecule has 1 aromatic rings. The molecule has 2 N–H and O–H groups in total. The van der Waals surface area contributed by atoms with E-state index in [4.69, 9.17) is 4.74 Å². The Morgan fingerprint density at radius 1 is 1.22 bits per heavy atom. The Bertz CT molecular complexity index is 352. The third kappa shape index (κ3) is 6.80. The number of rotatable bonds is 5. The fourth-order valence-electron chi connectivity index (χ4n) is 1.38. The molecule has 0 saturated heterocycles. The SMILES string of the molecule is CN=C(NCCOC)NCc1ccc(C)cc1.I. The van der Waals surface area contributed by atoms with Gasteiger partial charge in [-0.15, -0.1) is 24.0 Å². The van der Waals surface area contributed by atoms with Gasteiger partial charge in [0.15, 0.2) is 5.96 Å². The van der Waals surface area contributed by atoms with Gasteiger partial charge in [0.25, 0.3) is 0 Å². The van der Waals surface area contributed by atoms with Crippen molar-refractivity contribution in [3.8, 4) is 0 Å². The van der Waals surface area contributed by atoms with Crippen molar-refractivity contribution in [3.63, 3.8) is 0 Å². The highest BCUT2D eigenvalue weighted by molar-refractivity contribution is 14.0. The van der Waals surface area contributed by atoms with Gasteiger partial charge in [0.1, 0.15) is 0 Å². The summed E-state index contributed by atoms with van der Waals surface area (Å²) in [5.74, 6) is 0.794. The van der Waals surface area contributed by atoms with Gasteiger partial charge in [0.2, 0.25) is 0 Å². The molecule has 0 unspecified atom stereocenters. The number of benzene rings is 1. The first kappa shape index (κ1) is 17.2. The topological polar surface area (TPSA) is 45.7 Å². The number of nitrogens with zero attached hydrogens (tertiary/aromatic N) is 1. The predicted octanol–water partition coefficient (Wildman–Crippen LogP) is 1.92. The fraction of sp³-hybridized carbons (Fsp3) is 0.462. The molecule has 0 fully saturated rings. The summed E-state index contributed by atoms with van der Waals surface area (Å²) >= 11 is 0. The summed E-state index contributed by atoms with van der Waals surface area (Å²) in [4.78, 5) is 4.13. The smallest absolute Gasteiger partial charge is 0.191 e. The molecule has 0 radical (unpaired) electrons. The van der Waals surface area contributed by atoms with Gasteiger partial charge in [-0.3, -0.25) is 4.99 Å². The van der Waals surface area contributed by atoms with E-state index in [1.165, 1.54) is 11.1 Å². The number of nitrogens with one attached hydrogen (secondary N) is 2. The van der Waals surface area contributed by atoms with Crippen LogP contribution < -0.4 is 10.6 Å². The van der Waals surface area contributed by atoms with E-state index in [9.17, 15) is 0 Å². The second kappa shape index (κ2) is 10.1. The number of aryl methyl sites for hydroxylation is 1. The van der Waals surface area contributed by atoms with Crippen LogP contribution in [0, 0.1) is 6.92 Å². The minimum Gasteiger partial charge on any atom is -0.383 e. The summed E-state index contributed by atoms with van der Waals surface area (Å²) in [5, 5.41) is 6.41. The van der Waals surface area contributed by atoms with Crippen molar-refractivity contribution in [1.29, 1.82) is 0 Å². The van der Waals surface area contributed by atoms with Gasteiger partial charge in [-0.1, -0.05) is 29.8 Å². The van der Waals surface area contributed by atoms with Gasteiger partial charge in [-0.2, -0.15) is 0 Å². The van der Waals surface area contributed by atoms with Crippen LogP contribution in [0.15, 0.2) is 29.3 Å². The summed E-state index contributed by atoms with van der Waals surface area (Å²) in [6.45, 7) is 4.28. The molecule has 1 rings (SSSR count). The Balaban J connectivity index is 0.00000289. The van der Waals surface area contributed by atoms with Crippen molar-refractivity contribution in [2.24, 2.45) is 4.99 Å². The molecular weight excluding hydrogens is 341 g/mol. The lowest BCUT2D eigenvalue weighted by Crippen LogP contribution is -2.38. The van der Waals surface area contributed by atoms with Crippen LogP contribution in [0.25, 0.3) is 0 Å². The van der Waals surface area contributed by atoms with Gasteiger partial charge < -0.3 is 15.4 Å². The minimum absolute atomic E-state index is 0. The third-order valence-electron chi connectivity index (χ3n) is 2.40. The van der Waals surface area contributed by atoms with Gasteiger partial charge in [0, 0.05) is 27.2 Å². The number of guanidine groups is 1. The molecule has 4 nitrogen and oxygen atoms in total. The highest BCUT2D eigenvalue weighted by atomic mass is 127.